The van der Waals surface area contributed by atoms with Crippen LogP contribution in [0.15, 0.2) is 200 Å². The Labute approximate surface area is 374 Å². The van der Waals surface area contributed by atoms with Crippen LogP contribution in [0, 0.1) is 0 Å². The highest BCUT2D eigenvalue weighted by Crippen LogP contribution is 2.66. The summed E-state index contributed by atoms with van der Waals surface area (Å²) in [5.74, 6) is 0. The van der Waals surface area contributed by atoms with E-state index in [9.17, 15) is 0 Å². The Morgan fingerprint density at radius 1 is 0.312 bits per heavy atom. The van der Waals surface area contributed by atoms with Gasteiger partial charge in [-0.3, -0.25) is 0 Å². The van der Waals surface area contributed by atoms with E-state index in [2.05, 4.69) is 233 Å². The SMILES string of the molecule is CC1(C)c2ccccc2-c2ccc(N(c3ccc4c(c3)-c3ccc5ccccc5c3C4(C)C)c3cccc4c3-c3ccccc3C43c4ccccc4-c4c3ccc3ccccc43)cc21. The predicted octanol–water partition coefficient (Wildman–Crippen LogP) is 16.4. The van der Waals surface area contributed by atoms with Gasteiger partial charge in [-0.2, -0.15) is 0 Å². The summed E-state index contributed by atoms with van der Waals surface area (Å²) in [6, 6.07) is 76.4. The van der Waals surface area contributed by atoms with Crippen molar-refractivity contribution in [2.24, 2.45) is 0 Å². The molecular weight excluding hydrogens is 771 g/mol. The maximum Gasteiger partial charge on any atom is 0.0726 e. The van der Waals surface area contributed by atoms with E-state index >= 15 is 0 Å². The molecule has 0 saturated heterocycles. The van der Waals surface area contributed by atoms with Crippen molar-refractivity contribution in [2.45, 2.75) is 43.9 Å². The Morgan fingerprint density at radius 2 is 0.828 bits per heavy atom. The van der Waals surface area contributed by atoms with E-state index in [1.54, 1.807) is 0 Å². The standard InChI is InChI=1S/C63H45N/c1-61(2)50-23-12-9-20-44(50)45-33-30-41(37-56(45)61)64(40-31-35-51-49(36-40)46-32-28-39-17-6-8-19-43(39)60(46)62(51,3)4)57-27-15-26-54-59(57)48-22-11-14-25-53(48)63(54)52-24-13-10-21-47(52)58-42-18-7-5-16-38(42)29-34-55(58)63/h5-37H,1-4H3. The van der Waals surface area contributed by atoms with E-state index in [4.69, 9.17) is 0 Å². The van der Waals surface area contributed by atoms with Gasteiger partial charge < -0.3 is 4.90 Å². The van der Waals surface area contributed by atoms with Crippen molar-refractivity contribution < 1.29 is 0 Å². The van der Waals surface area contributed by atoms with Gasteiger partial charge in [0, 0.05) is 27.8 Å². The molecule has 0 fully saturated rings. The fraction of sp³-hybridized carbons (Fsp3) is 0.111. The van der Waals surface area contributed by atoms with Crippen molar-refractivity contribution in [3.8, 4) is 44.5 Å². The number of anilines is 3. The molecule has 10 aromatic rings. The van der Waals surface area contributed by atoms with Crippen LogP contribution in [-0.4, -0.2) is 0 Å². The molecule has 302 valence electrons. The Kier molecular flexibility index (Phi) is 6.97. The minimum Gasteiger partial charge on any atom is -0.310 e. The van der Waals surface area contributed by atoms with Crippen LogP contribution >= 0.6 is 0 Å². The third-order valence-electron chi connectivity index (χ3n) is 15.8. The first-order chi connectivity index (χ1) is 31.3. The van der Waals surface area contributed by atoms with Crippen molar-refractivity contribution >= 4 is 38.6 Å². The molecule has 1 spiro atoms. The molecule has 4 aliphatic rings. The second-order valence-electron chi connectivity index (χ2n) is 19.6. The maximum atomic E-state index is 2.59. The quantitative estimate of drug-likeness (QED) is 0.172. The molecule has 0 heterocycles. The molecule has 0 amide bonds. The number of nitrogens with zero attached hydrogens (tertiary/aromatic N) is 1. The van der Waals surface area contributed by atoms with Crippen LogP contribution < -0.4 is 4.90 Å². The minimum absolute atomic E-state index is 0.148. The minimum atomic E-state index is -0.479. The molecule has 1 atom stereocenters. The fourth-order valence-corrected chi connectivity index (χ4v) is 13.1. The van der Waals surface area contributed by atoms with Crippen molar-refractivity contribution in [3.05, 3.63) is 245 Å². The third kappa shape index (κ3) is 4.35. The molecule has 0 N–H and O–H groups in total. The average Bonchev–Trinajstić information content (AvgIpc) is 3.97. The van der Waals surface area contributed by atoms with Gasteiger partial charge >= 0.3 is 0 Å². The number of benzene rings is 10. The molecule has 1 nitrogen and oxygen atoms in total. The van der Waals surface area contributed by atoms with Crippen molar-refractivity contribution in [1.82, 2.24) is 0 Å². The van der Waals surface area contributed by atoms with Gasteiger partial charge in [-0.15, -0.1) is 0 Å². The van der Waals surface area contributed by atoms with Gasteiger partial charge in [-0.05, 0) is 135 Å². The van der Waals surface area contributed by atoms with Gasteiger partial charge in [0.25, 0.3) is 0 Å². The van der Waals surface area contributed by atoms with Gasteiger partial charge in [-0.1, -0.05) is 198 Å². The number of hydrogen-bond donors (Lipinski definition) is 0. The van der Waals surface area contributed by atoms with E-state index in [1.807, 2.05) is 0 Å². The van der Waals surface area contributed by atoms with E-state index in [0.29, 0.717) is 0 Å². The fourth-order valence-electron chi connectivity index (χ4n) is 13.1. The molecule has 0 aromatic heterocycles. The summed E-state index contributed by atoms with van der Waals surface area (Å²) >= 11 is 0. The monoisotopic (exact) mass is 815 g/mol. The van der Waals surface area contributed by atoms with Crippen molar-refractivity contribution in [2.75, 3.05) is 4.90 Å². The topological polar surface area (TPSA) is 3.24 Å². The molecule has 0 radical (unpaired) electrons. The van der Waals surface area contributed by atoms with Crippen LogP contribution in [0.4, 0.5) is 17.1 Å². The van der Waals surface area contributed by atoms with Crippen LogP contribution in [0.25, 0.3) is 66.1 Å². The maximum absolute atomic E-state index is 2.59. The van der Waals surface area contributed by atoms with E-state index < -0.39 is 5.41 Å². The summed E-state index contributed by atoms with van der Waals surface area (Å²) in [7, 11) is 0. The highest BCUT2D eigenvalue weighted by molar-refractivity contribution is 6.08. The zero-order valence-corrected chi connectivity index (χ0v) is 36.5. The van der Waals surface area contributed by atoms with Crippen LogP contribution in [0.5, 0.6) is 0 Å². The smallest absolute Gasteiger partial charge is 0.0726 e. The molecular formula is C63H45N. The lowest BCUT2D eigenvalue weighted by Crippen LogP contribution is -2.26. The summed E-state index contributed by atoms with van der Waals surface area (Å²) in [6.07, 6.45) is 0. The summed E-state index contributed by atoms with van der Waals surface area (Å²) in [4.78, 5) is 2.59. The Balaban J connectivity index is 1.06. The lowest BCUT2D eigenvalue weighted by atomic mass is 9.70. The van der Waals surface area contributed by atoms with Gasteiger partial charge in [0.05, 0.1) is 11.1 Å². The summed E-state index contributed by atoms with van der Waals surface area (Å²) in [6.45, 7) is 9.60. The molecule has 4 aliphatic carbocycles. The number of fused-ring (bicyclic) bond motifs is 20. The normalized spacial score (nSPS) is 17.1. The van der Waals surface area contributed by atoms with E-state index in [0.717, 1.165) is 5.69 Å². The van der Waals surface area contributed by atoms with Crippen LogP contribution in [0.1, 0.15) is 72.2 Å². The number of rotatable bonds is 3. The second-order valence-corrected chi connectivity index (χ2v) is 19.6. The van der Waals surface area contributed by atoms with Gasteiger partial charge in [-0.25, -0.2) is 0 Å². The Hall–Kier alpha value is -7.48. The Bertz CT molecular complexity index is 3690. The zero-order chi connectivity index (χ0) is 42.7. The molecule has 0 saturated carbocycles. The third-order valence-corrected chi connectivity index (χ3v) is 15.8. The van der Waals surface area contributed by atoms with Crippen molar-refractivity contribution in [3.63, 3.8) is 0 Å². The second kappa shape index (κ2) is 12.4. The van der Waals surface area contributed by atoms with Crippen LogP contribution in [0.3, 0.4) is 0 Å². The molecule has 64 heavy (non-hydrogen) atoms. The molecule has 10 aromatic carbocycles. The molecule has 0 bridgehead atoms. The predicted molar refractivity (Wildman–Crippen MR) is 268 cm³/mol. The average molecular weight is 816 g/mol. The highest BCUT2D eigenvalue weighted by atomic mass is 15.1. The molecule has 14 rings (SSSR count). The summed E-state index contributed by atoms with van der Waals surface area (Å²) < 4.78 is 0. The van der Waals surface area contributed by atoms with E-state index in [-0.39, 0.29) is 10.8 Å². The summed E-state index contributed by atoms with van der Waals surface area (Å²) in [5, 5.41) is 5.22. The van der Waals surface area contributed by atoms with Gasteiger partial charge in [0.15, 0.2) is 0 Å². The lowest BCUT2D eigenvalue weighted by Gasteiger charge is -2.32. The first-order valence-electron chi connectivity index (χ1n) is 22.8. The van der Waals surface area contributed by atoms with Crippen molar-refractivity contribution in [1.29, 1.82) is 0 Å². The largest absolute Gasteiger partial charge is 0.310 e. The molecule has 0 aliphatic heterocycles. The van der Waals surface area contributed by atoms with Gasteiger partial charge in [0.1, 0.15) is 0 Å². The number of hydrogen-bond acceptors (Lipinski definition) is 1. The Morgan fingerprint density at radius 3 is 1.61 bits per heavy atom. The molecule has 1 unspecified atom stereocenters. The van der Waals surface area contributed by atoms with Crippen LogP contribution in [-0.2, 0) is 16.2 Å². The first kappa shape index (κ1) is 36.0. The summed E-state index contributed by atoms with van der Waals surface area (Å²) in [5.41, 5.74) is 24.3. The molecule has 1 heteroatoms. The first-order valence-corrected chi connectivity index (χ1v) is 22.8. The zero-order valence-electron chi connectivity index (χ0n) is 36.5. The highest BCUT2D eigenvalue weighted by Gasteiger charge is 2.53. The van der Waals surface area contributed by atoms with Gasteiger partial charge in [0.2, 0.25) is 0 Å². The lowest BCUT2D eigenvalue weighted by molar-refractivity contribution is 0.660. The van der Waals surface area contributed by atoms with Crippen LogP contribution in [0.2, 0.25) is 0 Å². The van der Waals surface area contributed by atoms with E-state index in [1.165, 1.54) is 122 Å².